The summed E-state index contributed by atoms with van der Waals surface area (Å²) in [5, 5.41) is 2.96. The lowest BCUT2D eigenvalue weighted by Crippen LogP contribution is -2.40. The predicted molar refractivity (Wildman–Crippen MR) is 105 cm³/mol. The number of benzene rings is 2. The van der Waals surface area contributed by atoms with Crippen LogP contribution in [0.25, 0.3) is 0 Å². The molecule has 27 heavy (non-hydrogen) atoms. The Kier molecular flexibility index (Phi) is 5.41. The number of aryl methyl sites for hydroxylation is 1. The standard InChI is InChI=1S/C20H24N2O4S/c1-14-9-10-18-17(13-14)22(27(3,24)25)12-11-19(26-18)20(23)21-15(2)16-7-5-4-6-8-16/h4-10,13,15,19H,11-12H2,1-3H3,(H,21,23)/t15-,19+/m0/s1. The second-order valence-electron chi connectivity index (χ2n) is 6.84. The third kappa shape index (κ3) is 4.42. The van der Waals surface area contributed by atoms with Gasteiger partial charge in [0.15, 0.2) is 6.10 Å². The van der Waals surface area contributed by atoms with E-state index in [1.807, 2.05) is 50.2 Å². The average molecular weight is 388 g/mol. The van der Waals surface area contributed by atoms with Gasteiger partial charge in [0.2, 0.25) is 10.0 Å². The molecule has 144 valence electrons. The Morgan fingerprint density at radius 1 is 1.22 bits per heavy atom. The number of ether oxygens (including phenoxy) is 1. The van der Waals surface area contributed by atoms with Gasteiger partial charge >= 0.3 is 0 Å². The first kappa shape index (κ1) is 19.2. The third-order valence-electron chi connectivity index (χ3n) is 4.60. The summed E-state index contributed by atoms with van der Waals surface area (Å²) in [5.74, 6) is 0.143. The van der Waals surface area contributed by atoms with Crippen LogP contribution in [-0.2, 0) is 14.8 Å². The number of carbonyl (C=O) groups is 1. The number of sulfonamides is 1. The molecule has 3 rings (SSSR count). The largest absolute Gasteiger partial charge is 0.478 e. The molecule has 0 saturated carbocycles. The van der Waals surface area contributed by atoms with Crippen LogP contribution >= 0.6 is 0 Å². The highest BCUT2D eigenvalue weighted by molar-refractivity contribution is 7.92. The van der Waals surface area contributed by atoms with E-state index in [-0.39, 0.29) is 24.9 Å². The van der Waals surface area contributed by atoms with E-state index in [1.54, 1.807) is 12.1 Å². The van der Waals surface area contributed by atoms with Crippen LogP contribution in [0.15, 0.2) is 48.5 Å². The third-order valence-corrected chi connectivity index (χ3v) is 5.78. The summed E-state index contributed by atoms with van der Waals surface area (Å²) in [6, 6.07) is 14.8. The van der Waals surface area contributed by atoms with Crippen molar-refractivity contribution >= 4 is 21.6 Å². The van der Waals surface area contributed by atoms with Crippen molar-refractivity contribution in [3.63, 3.8) is 0 Å². The van der Waals surface area contributed by atoms with Crippen LogP contribution in [0.1, 0.15) is 30.5 Å². The average Bonchev–Trinajstić information content (AvgIpc) is 2.81. The summed E-state index contributed by atoms with van der Waals surface area (Å²) in [5.41, 5.74) is 2.39. The van der Waals surface area contributed by atoms with Crippen molar-refractivity contribution in [1.29, 1.82) is 0 Å². The fraction of sp³-hybridized carbons (Fsp3) is 0.350. The molecule has 1 aliphatic heterocycles. The first-order valence-corrected chi connectivity index (χ1v) is 10.7. The number of hydrogen-bond donors (Lipinski definition) is 1. The van der Waals surface area contributed by atoms with Gasteiger partial charge in [0, 0.05) is 13.0 Å². The number of nitrogens with one attached hydrogen (secondary N) is 1. The molecule has 0 unspecified atom stereocenters. The number of rotatable bonds is 4. The highest BCUT2D eigenvalue weighted by Gasteiger charge is 2.31. The molecule has 1 aliphatic rings. The molecule has 1 N–H and O–H groups in total. The summed E-state index contributed by atoms with van der Waals surface area (Å²) in [6.07, 6.45) is 0.676. The van der Waals surface area contributed by atoms with Crippen LogP contribution in [0.2, 0.25) is 0 Å². The van der Waals surface area contributed by atoms with Crippen molar-refractivity contribution < 1.29 is 17.9 Å². The number of fused-ring (bicyclic) bond motifs is 1. The maximum Gasteiger partial charge on any atom is 0.261 e. The Bertz CT molecular complexity index is 928. The molecule has 1 heterocycles. The van der Waals surface area contributed by atoms with Crippen LogP contribution < -0.4 is 14.4 Å². The van der Waals surface area contributed by atoms with E-state index < -0.39 is 16.1 Å². The molecule has 2 aromatic carbocycles. The number of amides is 1. The van der Waals surface area contributed by atoms with Gasteiger partial charge in [-0.2, -0.15) is 0 Å². The van der Waals surface area contributed by atoms with Gasteiger partial charge in [0.1, 0.15) is 5.75 Å². The normalized spacial score (nSPS) is 18.0. The van der Waals surface area contributed by atoms with Gasteiger partial charge in [-0.05, 0) is 37.1 Å². The maximum atomic E-state index is 12.8. The van der Waals surface area contributed by atoms with Gasteiger partial charge in [-0.1, -0.05) is 36.4 Å². The van der Waals surface area contributed by atoms with E-state index in [0.717, 1.165) is 17.4 Å². The van der Waals surface area contributed by atoms with E-state index in [0.29, 0.717) is 11.4 Å². The predicted octanol–water partition coefficient (Wildman–Crippen LogP) is 2.79. The highest BCUT2D eigenvalue weighted by Crippen LogP contribution is 2.35. The molecule has 0 fully saturated rings. The molecule has 0 radical (unpaired) electrons. The van der Waals surface area contributed by atoms with Crippen molar-refractivity contribution in [2.24, 2.45) is 0 Å². The lowest BCUT2D eigenvalue weighted by Gasteiger charge is -2.21. The summed E-state index contributed by atoms with van der Waals surface area (Å²) in [6.45, 7) is 3.98. The molecule has 6 nitrogen and oxygen atoms in total. The number of anilines is 1. The second-order valence-corrected chi connectivity index (χ2v) is 8.75. The van der Waals surface area contributed by atoms with Crippen molar-refractivity contribution in [2.75, 3.05) is 17.1 Å². The SMILES string of the molecule is Cc1ccc2c(c1)N(S(C)(=O)=O)CC[C@H](C(=O)N[C@@H](C)c1ccccc1)O2. The Morgan fingerprint density at radius 3 is 2.59 bits per heavy atom. The molecule has 7 heteroatoms. The van der Waals surface area contributed by atoms with Crippen molar-refractivity contribution in [3.8, 4) is 5.75 Å². The minimum Gasteiger partial charge on any atom is -0.478 e. The molecule has 1 amide bonds. The first-order valence-electron chi connectivity index (χ1n) is 8.86. The van der Waals surface area contributed by atoms with E-state index in [4.69, 9.17) is 4.74 Å². The van der Waals surface area contributed by atoms with E-state index >= 15 is 0 Å². The van der Waals surface area contributed by atoms with Crippen LogP contribution in [-0.4, -0.2) is 33.2 Å². The lowest BCUT2D eigenvalue weighted by molar-refractivity contribution is -0.128. The number of carbonyl (C=O) groups excluding carboxylic acids is 1. The lowest BCUT2D eigenvalue weighted by atomic mass is 10.1. The topological polar surface area (TPSA) is 75.7 Å². The molecule has 0 bridgehead atoms. The van der Waals surface area contributed by atoms with Crippen LogP contribution in [0, 0.1) is 6.92 Å². The highest BCUT2D eigenvalue weighted by atomic mass is 32.2. The Labute approximate surface area is 160 Å². The van der Waals surface area contributed by atoms with Crippen LogP contribution in [0.3, 0.4) is 0 Å². The summed E-state index contributed by atoms with van der Waals surface area (Å²) < 4.78 is 31.7. The molecule has 0 aliphatic carbocycles. The molecule has 2 aromatic rings. The molecule has 0 saturated heterocycles. The van der Waals surface area contributed by atoms with E-state index in [2.05, 4.69) is 5.32 Å². The molecular formula is C20H24N2O4S. The van der Waals surface area contributed by atoms with Crippen LogP contribution in [0.4, 0.5) is 5.69 Å². The molecule has 2 atom stereocenters. The smallest absolute Gasteiger partial charge is 0.261 e. The van der Waals surface area contributed by atoms with Crippen molar-refractivity contribution in [1.82, 2.24) is 5.32 Å². The minimum atomic E-state index is -3.47. The zero-order valence-corrected chi connectivity index (χ0v) is 16.5. The Balaban J connectivity index is 1.82. The summed E-state index contributed by atoms with van der Waals surface area (Å²) in [4.78, 5) is 12.8. The van der Waals surface area contributed by atoms with Crippen molar-refractivity contribution in [2.45, 2.75) is 32.4 Å². The molecule has 0 spiro atoms. The summed E-state index contributed by atoms with van der Waals surface area (Å²) in [7, 11) is -3.47. The minimum absolute atomic E-state index is 0.172. The molecule has 0 aromatic heterocycles. The quantitative estimate of drug-likeness (QED) is 0.874. The van der Waals surface area contributed by atoms with Crippen molar-refractivity contribution in [3.05, 3.63) is 59.7 Å². The second kappa shape index (κ2) is 7.60. The van der Waals surface area contributed by atoms with Gasteiger partial charge < -0.3 is 10.1 Å². The monoisotopic (exact) mass is 388 g/mol. The fourth-order valence-electron chi connectivity index (χ4n) is 3.15. The fourth-order valence-corrected chi connectivity index (χ4v) is 4.09. The van der Waals surface area contributed by atoms with Gasteiger partial charge in [0.25, 0.3) is 5.91 Å². The number of nitrogens with zero attached hydrogens (tertiary/aromatic N) is 1. The van der Waals surface area contributed by atoms with Gasteiger partial charge in [-0.25, -0.2) is 8.42 Å². The Morgan fingerprint density at radius 2 is 1.93 bits per heavy atom. The van der Waals surface area contributed by atoms with E-state index in [1.165, 1.54) is 4.31 Å². The van der Waals surface area contributed by atoms with Gasteiger partial charge in [-0.15, -0.1) is 0 Å². The summed E-state index contributed by atoms with van der Waals surface area (Å²) >= 11 is 0. The zero-order valence-electron chi connectivity index (χ0n) is 15.7. The zero-order chi connectivity index (χ0) is 19.6. The van der Waals surface area contributed by atoms with Gasteiger partial charge in [0.05, 0.1) is 18.0 Å². The maximum absolute atomic E-state index is 12.8. The molecular weight excluding hydrogens is 364 g/mol. The van der Waals surface area contributed by atoms with E-state index in [9.17, 15) is 13.2 Å². The van der Waals surface area contributed by atoms with Crippen LogP contribution in [0.5, 0.6) is 5.75 Å². The Hall–Kier alpha value is -2.54. The van der Waals surface area contributed by atoms with Gasteiger partial charge in [-0.3, -0.25) is 9.10 Å². The first-order chi connectivity index (χ1) is 12.8. The number of hydrogen-bond acceptors (Lipinski definition) is 4.